The predicted octanol–water partition coefficient (Wildman–Crippen LogP) is 3.45. The highest BCUT2D eigenvalue weighted by Gasteiger charge is 2.07. The van der Waals surface area contributed by atoms with Gasteiger partial charge in [-0.1, -0.05) is 25.2 Å². The van der Waals surface area contributed by atoms with Crippen LogP contribution in [0.25, 0.3) is 5.57 Å². The molecule has 14 heavy (non-hydrogen) atoms. The molecule has 0 amide bonds. The van der Waals surface area contributed by atoms with Gasteiger partial charge in [-0.3, -0.25) is 4.98 Å². The highest BCUT2D eigenvalue weighted by atomic mass is 14.6. The molecule has 1 heterocycles. The molecule has 2 rings (SSSR count). The van der Waals surface area contributed by atoms with E-state index in [2.05, 4.69) is 42.3 Å². The minimum Gasteiger partial charge on any atom is -0.265 e. The van der Waals surface area contributed by atoms with Gasteiger partial charge in [0.1, 0.15) is 0 Å². The van der Waals surface area contributed by atoms with E-state index >= 15 is 0 Å². The number of pyridine rings is 1. The maximum absolute atomic E-state index is 4.02. The molecule has 0 bridgehead atoms. The van der Waals surface area contributed by atoms with Gasteiger partial charge in [0.25, 0.3) is 0 Å². The number of nitrogens with zero attached hydrogens (tertiary/aromatic N) is 1. The Morgan fingerprint density at radius 3 is 2.71 bits per heavy atom. The molecule has 1 aromatic heterocycles. The average Bonchev–Trinajstić information content (AvgIpc) is 2.30. The lowest BCUT2D eigenvalue weighted by Crippen LogP contribution is -1.97. The van der Waals surface area contributed by atoms with E-state index in [4.69, 9.17) is 0 Å². The van der Waals surface area contributed by atoms with Gasteiger partial charge in [0, 0.05) is 12.4 Å². The van der Waals surface area contributed by atoms with E-state index in [1.807, 2.05) is 12.4 Å². The van der Waals surface area contributed by atoms with Crippen molar-refractivity contribution in [3.05, 3.63) is 48.3 Å². The lowest BCUT2D eigenvalue weighted by molar-refractivity contribution is 0.634. The summed E-state index contributed by atoms with van der Waals surface area (Å²) in [4.78, 5) is 4.02. The minimum absolute atomic E-state index is 0.737. The molecule has 0 radical (unpaired) electrons. The lowest BCUT2D eigenvalue weighted by atomic mass is 9.92. The van der Waals surface area contributed by atoms with Crippen LogP contribution >= 0.6 is 0 Å². The van der Waals surface area contributed by atoms with Gasteiger partial charge in [-0.05, 0) is 42.0 Å². The molecule has 1 aromatic rings. The molecule has 1 unspecified atom stereocenters. The van der Waals surface area contributed by atoms with Crippen LogP contribution in [0.5, 0.6) is 0 Å². The van der Waals surface area contributed by atoms with E-state index in [9.17, 15) is 0 Å². The van der Waals surface area contributed by atoms with Gasteiger partial charge in [-0.25, -0.2) is 0 Å². The quantitative estimate of drug-likeness (QED) is 0.687. The first-order valence-corrected chi connectivity index (χ1v) is 5.19. The summed E-state index contributed by atoms with van der Waals surface area (Å²) in [5.41, 5.74) is 2.60. The summed E-state index contributed by atoms with van der Waals surface area (Å²) < 4.78 is 0. The second-order valence-electron chi connectivity index (χ2n) is 3.66. The van der Waals surface area contributed by atoms with Gasteiger partial charge in [0.15, 0.2) is 0 Å². The molecule has 0 aromatic carbocycles. The fourth-order valence-corrected chi connectivity index (χ4v) is 1.73. The Bertz CT molecular complexity index is 349. The molecule has 0 spiro atoms. The molecule has 1 aliphatic rings. The van der Waals surface area contributed by atoms with Crippen LogP contribution in [0, 0.1) is 5.92 Å². The molecule has 0 saturated heterocycles. The van der Waals surface area contributed by atoms with Crippen molar-refractivity contribution in [1.82, 2.24) is 4.98 Å². The van der Waals surface area contributed by atoms with Crippen molar-refractivity contribution >= 4 is 5.57 Å². The summed E-state index contributed by atoms with van der Waals surface area (Å²) in [7, 11) is 0. The van der Waals surface area contributed by atoms with Crippen molar-refractivity contribution in [3.63, 3.8) is 0 Å². The second-order valence-corrected chi connectivity index (χ2v) is 3.66. The first-order chi connectivity index (χ1) is 6.90. The SMILES string of the molecule is CCC1C=CC(c2ccncc2)=CC1. The van der Waals surface area contributed by atoms with Crippen LogP contribution in [-0.2, 0) is 0 Å². The standard InChI is InChI=1S/C13H15N/c1-2-11-3-5-12(6-4-11)13-7-9-14-10-8-13/h3,5-11H,2,4H2,1H3. The minimum atomic E-state index is 0.737. The maximum Gasteiger partial charge on any atom is 0.0273 e. The Morgan fingerprint density at radius 2 is 2.14 bits per heavy atom. The smallest absolute Gasteiger partial charge is 0.0273 e. The Kier molecular flexibility index (Phi) is 2.78. The second kappa shape index (κ2) is 4.23. The van der Waals surface area contributed by atoms with Gasteiger partial charge in [-0.2, -0.15) is 0 Å². The van der Waals surface area contributed by atoms with Crippen LogP contribution < -0.4 is 0 Å². The third kappa shape index (κ3) is 1.92. The van der Waals surface area contributed by atoms with E-state index in [1.165, 1.54) is 24.0 Å². The summed E-state index contributed by atoms with van der Waals surface area (Å²) in [6.07, 6.45) is 13.0. The molecule has 0 aliphatic heterocycles. The van der Waals surface area contributed by atoms with Crippen LogP contribution in [0.1, 0.15) is 25.3 Å². The van der Waals surface area contributed by atoms with Gasteiger partial charge >= 0.3 is 0 Å². The molecular weight excluding hydrogens is 170 g/mol. The molecule has 0 fully saturated rings. The van der Waals surface area contributed by atoms with Crippen molar-refractivity contribution in [3.8, 4) is 0 Å². The first kappa shape index (κ1) is 9.20. The third-order valence-corrected chi connectivity index (χ3v) is 2.73. The van der Waals surface area contributed by atoms with Crippen LogP contribution in [-0.4, -0.2) is 4.98 Å². The lowest BCUT2D eigenvalue weighted by Gasteiger charge is -2.13. The largest absolute Gasteiger partial charge is 0.265 e. The van der Waals surface area contributed by atoms with Crippen molar-refractivity contribution in [1.29, 1.82) is 0 Å². The van der Waals surface area contributed by atoms with E-state index in [-0.39, 0.29) is 0 Å². The number of hydrogen-bond acceptors (Lipinski definition) is 1. The zero-order valence-corrected chi connectivity index (χ0v) is 8.48. The van der Waals surface area contributed by atoms with Gasteiger partial charge in [-0.15, -0.1) is 0 Å². The Morgan fingerprint density at radius 1 is 1.36 bits per heavy atom. The Hall–Kier alpha value is -1.37. The summed E-state index contributed by atoms with van der Waals surface area (Å²) in [6, 6.07) is 4.12. The monoisotopic (exact) mass is 185 g/mol. The number of hydrogen-bond donors (Lipinski definition) is 0. The summed E-state index contributed by atoms with van der Waals surface area (Å²) in [6.45, 7) is 2.24. The number of aromatic nitrogens is 1. The van der Waals surface area contributed by atoms with Crippen LogP contribution in [0.15, 0.2) is 42.8 Å². The van der Waals surface area contributed by atoms with Crippen molar-refractivity contribution < 1.29 is 0 Å². The van der Waals surface area contributed by atoms with Crippen molar-refractivity contribution in [2.24, 2.45) is 5.92 Å². The summed E-state index contributed by atoms with van der Waals surface area (Å²) >= 11 is 0. The van der Waals surface area contributed by atoms with Crippen molar-refractivity contribution in [2.75, 3.05) is 0 Å². The topological polar surface area (TPSA) is 12.9 Å². The van der Waals surface area contributed by atoms with E-state index in [0.717, 1.165) is 5.92 Å². The third-order valence-electron chi connectivity index (χ3n) is 2.73. The predicted molar refractivity (Wildman–Crippen MR) is 59.8 cm³/mol. The van der Waals surface area contributed by atoms with Crippen LogP contribution in [0.2, 0.25) is 0 Å². The molecule has 1 nitrogen and oxygen atoms in total. The van der Waals surface area contributed by atoms with Crippen LogP contribution in [0.3, 0.4) is 0 Å². The normalized spacial score (nSPS) is 20.6. The van der Waals surface area contributed by atoms with E-state index < -0.39 is 0 Å². The fourth-order valence-electron chi connectivity index (χ4n) is 1.73. The van der Waals surface area contributed by atoms with Gasteiger partial charge in [0.05, 0.1) is 0 Å². The average molecular weight is 185 g/mol. The highest BCUT2D eigenvalue weighted by molar-refractivity contribution is 5.74. The zero-order valence-electron chi connectivity index (χ0n) is 8.48. The molecule has 1 heteroatoms. The van der Waals surface area contributed by atoms with Crippen LogP contribution in [0.4, 0.5) is 0 Å². The highest BCUT2D eigenvalue weighted by Crippen LogP contribution is 2.24. The Balaban J connectivity index is 2.16. The molecule has 0 saturated carbocycles. The number of allylic oxidation sites excluding steroid dienone is 4. The number of rotatable bonds is 2. The molecule has 1 atom stereocenters. The van der Waals surface area contributed by atoms with Gasteiger partial charge < -0.3 is 0 Å². The van der Waals surface area contributed by atoms with Crippen molar-refractivity contribution in [2.45, 2.75) is 19.8 Å². The van der Waals surface area contributed by atoms with E-state index in [1.54, 1.807) is 0 Å². The summed E-state index contributed by atoms with van der Waals surface area (Å²) in [5, 5.41) is 0. The summed E-state index contributed by atoms with van der Waals surface area (Å²) in [5.74, 6) is 0.737. The molecular formula is C13H15N. The Labute approximate surface area is 85.2 Å². The maximum atomic E-state index is 4.02. The molecule has 1 aliphatic carbocycles. The fraction of sp³-hybridized carbons (Fsp3) is 0.308. The zero-order chi connectivity index (χ0) is 9.80. The molecule has 0 N–H and O–H groups in total. The first-order valence-electron chi connectivity index (χ1n) is 5.19. The van der Waals surface area contributed by atoms with E-state index in [0.29, 0.717) is 0 Å². The van der Waals surface area contributed by atoms with Gasteiger partial charge in [0.2, 0.25) is 0 Å². The molecule has 72 valence electrons.